The zero-order valence-corrected chi connectivity index (χ0v) is 24.3. The van der Waals surface area contributed by atoms with Gasteiger partial charge in [0.25, 0.3) is 0 Å². The van der Waals surface area contributed by atoms with Gasteiger partial charge < -0.3 is 29.0 Å². The number of allylic oxidation sites excluding steroid dienone is 2. The van der Waals surface area contributed by atoms with Gasteiger partial charge in [0.2, 0.25) is 5.75 Å². The van der Waals surface area contributed by atoms with E-state index < -0.39 is 11.8 Å². The lowest BCUT2D eigenvalue weighted by Crippen LogP contribution is -2.43. The molecule has 1 aliphatic heterocycles. The van der Waals surface area contributed by atoms with Crippen LogP contribution in [0.1, 0.15) is 67.9 Å². The van der Waals surface area contributed by atoms with E-state index in [9.17, 15) is 9.59 Å². The largest absolute Gasteiger partial charge is 0.497 e. The van der Waals surface area contributed by atoms with E-state index in [1.807, 2.05) is 36.4 Å². The van der Waals surface area contributed by atoms with Gasteiger partial charge in [0.15, 0.2) is 17.3 Å². The minimum atomic E-state index is -0.792. The summed E-state index contributed by atoms with van der Waals surface area (Å²) in [5.74, 6) is 0.301. The monoisotopic (exact) mass is 561 g/mol. The highest BCUT2D eigenvalue weighted by molar-refractivity contribution is 6.01. The standard InChI is InChI=1S/C33H39NO7/c1-19-29(33(36)41-24-9-7-6-8-10-24)30(22-17-27(38-3)32(40-5)28(18-22)39-4)31-25(34-19)15-21(16-26(31)35)20-11-13-23(37-2)14-12-20/h11-14,17-18,21,24,29-30,34H,1,6-10,15-16H2,2-5H3. The molecule has 1 heterocycles. The van der Waals surface area contributed by atoms with Crippen molar-refractivity contribution >= 4 is 11.8 Å². The molecule has 0 bridgehead atoms. The Bertz CT molecular complexity index is 1310. The highest BCUT2D eigenvalue weighted by atomic mass is 16.5. The van der Waals surface area contributed by atoms with Crippen LogP contribution >= 0.6 is 0 Å². The molecule has 8 nitrogen and oxygen atoms in total. The summed E-state index contributed by atoms with van der Waals surface area (Å²) >= 11 is 0. The number of rotatable bonds is 8. The van der Waals surface area contributed by atoms with Gasteiger partial charge in [-0.05, 0) is 73.4 Å². The maximum absolute atomic E-state index is 14.0. The van der Waals surface area contributed by atoms with Crippen LogP contribution < -0.4 is 24.3 Å². The van der Waals surface area contributed by atoms with Gasteiger partial charge in [-0.2, -0.15) is 0 Å². The molecule has 3 unspecified atom stereocenters. The van der Waals surface area contributed by atoms with Crippen molar-refractivity contribution in [3.8, 4) is 23.0 Å². The van der Waals surface area contributed by atoms with Crippen molar-refractivity contribution < 1.29 is 33.3 Å². The average Bonchev–Trinajstić information content (AvgIpc) is 2.99. The van der Waals surface area contributed by atoms with Gasteiger partial charge in [0, 0.05) is 29.3 Å². The first-order chi connectivity index (χ1) is 19.9. The van der Waals surface area contributed by atoms with Gasteiger partial charge >= 0.3 is 5.97 Å². The molecule has 5 rings (SSSR count). The lowest BCUT2D eigenvalue weighted by molar-refractivity contribution is -0.155. The van der Waals surface area contributed by atoms with Gasteiger partial charge in [-0.25, -0.2) is 0 Å². The van der Waals surface area contributed by atoms with Crippen LogP contribution in [0.4, 0.5) is 0 Å². The van der Waals surface area contributed by atoms with Gasteiger partial charge in [-0.15, -0.1) is 0 Å². The molecule has 2 aliphatic carbocycles. The molecule has 3 aliphatic rings. The molecule has 3 atom stereocenters. The number of hydrogen-bond acceptors (Lipinski definition) is 8. The zero-order valence-electron chi connectivity index (χ0n) is 24.3. The Hall–Kier alpha value is -3.94. The molecule has 0 radical (unpaired) electrons. The molecule has 0 spiro atoms. The molecular weight excluding hydrogens is 522 g/mol. The van der Waals surface area contributed by atoms with Crippen molar-refractivity contribution in [1.82, 2.24) is 5.32 Å². The number of nitrogens with one attached hydrogen (secondary N) is 1. The fourth-order valence-corrected chi connectivity index (χ4v) is 6.50. The Labute approximate surface area is 241 Å². The minimum Gasteiger partial charge on any atom is -0.497 e. The number of carbonyl (C=O) groups excluding carboxylic acids is 2. The number of ketones is 1. The van der Waals surface area contributed by atoms with Crippen LogP contribution in [-0.2, 0) is 14.3 Å². The van der Waals surface area contributed by atoms with Crippen LogP contribution in [0.25, 0.3) is 0 Å². The summed E-state index contributed by atoms with van der Waals surface area (Å²) in [5, 5.41) is 3.37. The molecule has 1 saturated carbocycles. The van der Waals surface area contributed by atoms with Crippen molar-refractivity contribution in [3.63, 3.8) is 0 Å². The van der Waals surface area contributed by atoms with Gasteiger partial charge in [-0.1, -0.05) is 25.1 Å². The molecule has 0 aromatic heterocycles. The maximum atomic E-state index is 14.0. The Morgan fingerprint density at radius 2 is 1.51 bits per heavy atom. The number of ether oxygens (including phenoxy) is 5. The molecule has 8 heteroatoms. The first-order valence-corrected chi connectivity index (χ1v) is 14.2. The topological polar surface area (TPSA) is 92.3 Å². The smallest absolute Gasteiger partial charge is 0.316 e. The number of hydrogen-bond donors (Lipinski definition) is 1. The van der Waals surface area contributed by atoms with Crippen LogP contribution in [0.3, 0.4) is 0 Å². The molecule has 2 aromatic carbocycles. The van der Waals surface area contributed by atoms with E-state index in [2.05, 4.69) is 11.9 Å². The summed E-state index contributed by atoms with van der Waals surface area (Å²) in [6.45, 7) is 4.28. The van der Waals surface area contributed by atoms with Crippen LogP contribution in [-0.4, -0.2) is 46.3 Å². The lowest BCUT2D eigenvalue weighted by Gasteiger charge is -2.40. The highest BCUT2D eigenvalue weighted by Gasteiger charge is 2.46. The Morgan fingerprint density at radius 3 is 2.10 bits per heavy atom. The zero-order chi connectivity index (χ0) is 29.1. The molecule has 2 aromatic rings. The lowest BCUT2D eigenvalue weighted by atomic mass is 9.69. The summed E-state index contributed by atoms with van der Waals surface area (Å²) in [4.78, 5) is 27.9. The molecule has 0 saturated heterocycles. The first-order valence-electron chi connectivity index (χ1n) is 14.2. The number of methoxy groups -OCH3 is 4. The molecule has 41 heavy (non-hydrogen) atoms. The Kier molecular flexibility index (Phi) is 8.57. The van der Waals surface area contributed by atoms with Crippen LogP contribution in [0.5, 0.6) is 23.0 Å². The third-order valence-electron chi connectivity index (χ3n) is 8.56. The van der Waals surface area contributed by atoms with Gasteiger partial charge in [0.1, 0.15) is 17.8 Å². The van der Waals surface area contributed by atoms with E-state index in [-0.39, 0.29) is 23.8 Å². The first kappa shape index (κ1) is 28.6. The maximum Gasteiger partial charge on any atom is 0.316 e. The number of esters is 1. The Morgan fingerprint density at radius 1 is 0.854 bits per heavy atom. The van der Waals surface area contributed by atoms with Crippen molar-refractivity contribution in [3.05, 3.63) is 71.1 Å². The second-order valence-electron chi connectivity index (χ2n) is 11.0. The van der Waals surface area contributed by atoms with E-state index >= 15 is 0 Å². The van der Waals surface area contributed by atoms with Crippen molar-refractivity contribution in [2.24, 2.45) is 5.92 Å². The summed E-state index contributed by atoms with van der Waals surface area (Å²) in [6, 6.07) is 11.5. The quantitative estimate of drug-likeness (QED) is 0.404. The normalized spacial score (nSPS) is 22.9. The van der Waals surface area contributed by atoms with Crippen LogP contribution in [0.15, 0.2) is 59.9 Å². The average molecular weight is 562 g/mol. The van der Waals surface area contributed by atoms with E-state index in [4.69, 9.17) is 23.7 Å². The van der Waals surface area contributed by atoms with Crippen molar-refractivity contribution in [2.45, 2.75) is 62.9 Å². The van der Waals surface area contributed by atoms with Crippen LogP contribution in [0.2, 0.25) is 0 Å². The predicted octanol–water partition coefficient (Wildman–Crippen LogP) is 5.81. The number of Topliss-reactive ketones (excluding diaryl/α,β-unsaturated/α-hetero) is 1. The fraction of sp³-hybridized carbons (Fsp3) is 0.455. The summed E-state index contributed by atoms with van der Waals surface area (Å²) in [6.07, 6.45) is 5.74. The number of carbonyl (C=O) groups is 2. The van der Waals surface area contributed by atoms with Gasteiger partial charge in [0.05, 0.1) is 28.4 Å². The molecule has 218 valence electrons. The predicted molar refractivity (Wildman–Crippen MR) is 155 cm³/mol. The van der Waals surface area contributed by atoms with E-state index in [1.54, 1.807) is 28.4 Å². The summed E-state index contributed by atoms with van der Waals surface area (Å²) < 4.78 is 28.2. The Balaban J connectivity index is 1.58. The second kappa shape index (κ2) is 12.3. The number of benzene rings is 2. The van der Waals surface area contributed by atoms with E-state index in [0.717, 1.165) is 49.1 Å². The SMILES string of the molecule is C=C1NC2=C(C(=O)CC(c3ccc(OC)cc3)C2)C(c2cc(OC)c(OC)c(OC)c2)C1C(=O)OC1CCCCC1. The third-order valence-corrected chi connectivity index (χ3v) is 8.56. The summed E-state index contributed by atoms with van der Waals surface area (Å²) in [5.41, 5.74) is 3.65. The van der Waals surface area contributed by atoms with Crippen molar-refractivity contribution in [2.75, 3.05) is 28.4 Å². The second-order valence-corrected chi connectivity index (χ2v) is 11.0. The van der Waals surface area contributed by atoms with Gasteiger partial charge in [-0.3, -0.25) is 9.59 Å². The van der Waals surface area contributed by atoms with E-state index in [0.29, 0.717) is 46.9 Å². The van der Waals surface area contributed by atoms with E-state index in [1.165, 1.54) is 0 Å². The van der Waals surface area contributed by atoms with Crippen molar-refractivity contribution in [1.29, 1.82) is 0 Å². The highest BCUT2D eigenvalue weighted by Crippen LogP contribution is 2.50. The molecule has 1 fully saturated rings. The minimum absolute atomic E-state index is 0.0127. The van der Waals surface area contributed by atoms with Crippen LogP contribution in [0, 0.1) is 5.92 Å². The molecular formula is C33H39NO7. The summed E-state index contributed by atoms with van der Waals surface area (Å²) in [7, 11) is 6.27. The molecule has 0 amide bonds. The fourth-order valence-electron chi connectivity index (χ4n) is 6.50. The molecule has 1 N–H and O–H groups in total. The third kappa shape index (κ3) is 5.65.